The molecule has 0 bridgehead atoms. The Labute approximate surface area is 117 Å². The highest BCUT2D eigenvalue weighted by Gasteiger charge is 2.22. The van der Waals surface area contributed by atoms with E-state index in [1.54, 1.807) is 12.1 Å². The summed E-state index contributed by atoms with van der Waals surface area (Å²) in [7, 11) is -2.55. The van der Waals surface area contributed by atoms with Crippen LogP contribution in [0.2, 0.25) is 0 Å². The fourth-order valence-electron chi connectivity index (χ4n) is 1.86. The Bertz CT molecular complexity index is 740. The Morgan fingerprint density at radius 1 is 1.15 bits per heavy atom. The molecule has 106 valence electrons. The molecule has 0 heterocycles. The molecule has 0 aromatic heterocycles. The lowest BCUT2D eigenvalue weighted by atomic mass is 10.1. The van der Waals surface area contributed by atoms with Crippen LogP contribution in [0.15, 0.2) is 47.4 Å². The molecule has 0 aliphatic heterocycles. The first-order chi connectivity index (χ1) is 9.44. The van der Waals surface area contributed by atoms with E-state index in [4.69, 9.17) is 0 Å². The molecule has 0 amide bonds. The SMILES string of the molecule is COC(=O)C(C)NS(=O)(=O)c1ccc2ccccc2c1. The predicted molar refractivity (Wildman–Crippen MR) is 75.7 cm³/mol. The van der Waals surface area contributed by atoms with Crippen molar-refractivity contribution < 1.29 is 17.9 Å². The number of rotatable bonds is 4. The van der Waals surface area contributed by atoms with E-state index in [-0.39, 0.29) is 4.90 Å². The standard InChI is InChI=1S/C14H15NO4S/c1-10(14(16)19-2)15-20(17,18)13-8-7-11-5-3-4-6-12(11)9-13/h3-10,15H,1-2H3. The van der Waals surface area contributed by atoms with E-state index in [2.05, 4.69) is 9.46 Å². The quantitative estimate of drug-likeness (QED) is 0.871. The third kappa shape index (κ3) is 2.97. The maximum Gasteiger partial charge on any atom is 0.323 e. The first kappa shape index (κ1) is 14.5. The highest BCUT2D eigenvalue weighted by molar-refractivity contribution is 7.89. The molecule has 2 rings (SSSR count). The van der Waals surface area contributed by atoms with Crippen molar-refractivity contribution >= 4 is 26.8 Å². The van der Waals surface area contributed by atoms with Crippen molar-refractivity contribution in [2.75, 3.05) is 7.11 Å². The minimum absolute atomic E-state index is 0.118. The van der Waals surface area contributed by atoms with Gasteiger partial charge >= 0.3 is 5.97 Å². The number of benzene rings is 2. The number of carbonyl (C=O) groups is 1. The number of fused-ring (bicyclic) bond motifs is 1. The molecule has 0 saturated heterocycles. The molecule has 0 saturated carbocycles. The summed E-state index contributed by atoms with van der Waals surface area (Å²) in [4.78, 5) is 11.4. The molecule has 6 heteroatoms. The van der Waals surface area contributed by atoms with Gasteiger partial charge in [-0.3, -0.25) is 4.79 Å². The minimum Gasteiger partial charge on any atom is -0.468 e. The Kier molecular flexibility index (Phi) is 4.06. The van der Waals surface area contributed by atoms with Crippen LogP contribution in [0.5, 0.6) is 0 Å². The van der Waals surface area contributed by atoms with Crippen LogP contribution in [0.25, 0.3) is 10.8 Å². The maximum absolute atomic E-state index is 12.2. The molecule has 2 aromatic carbocycles. The fraction of sp³-hybridized carbons (Fsp3) is 0.214. The number of hydrogen-bond donors (Lipinski definition) is 1. The highest BCUT2D eigenvalue weighted by atomic mass is 32.2. The molecule has 0 radical (unpaired) electrons. The van der Waals surface area contributed by atoms with Crippen molar-refractivity contribution in [3.63, 3.8) is 0 Å². The molecule has 1 N–H and O–H groups in total. The van der Waals surface area contributed by atoms with E-state index in [9.17, 15) is 13.2 Å². The Morgan fingerprint density at radius 3 is 2.45 bits per heavy atom. The zero-order valence-corrected chi connectivity index (χ0v) is 12.0. The maximum atomic E-state index is 12.2. The van der Waals surface area contributed by atoms with E-state index in [0.29, 0.717) is 0 Å². The lowest BCUT2D eigenvalue weighted by molar-refractivity contribution is -0.142. The van der Waals surface area contributed by atoms with E-state index >= 15 is 0 Å². The largest absolute Gasteiger partial charge is 0.468 e. The van der Waals surface area contributed by atoms with Gasteiger partial charge in [-0.25, -0.2) is 8.42 Å². The average Bonchev–Trinajstić information content (AvgIpc) is 2.45. The third-order valence-corrected chi connectivity index (χ3v) is 4.46. The van der Waals surface area contributed by atoms with Gasteiger partial charge in [0.05, 0.1) is 12.0 Å². The topological polar surface area (TPSA) is 72.5 Å². The minimum atomic E-state index is -3.76. The summed E-state index contributed by atoms with van der Waals surface area (Å²) in [5, 5.41) is 1.77. The van der Waals surface area contributed by atoms with Crippen molar-refractivity contribution in [1.29, 1.82) is 0 Å². The smallest absolute Gasteiger partial charge is 0.323 e. The molecule has 0 spiro atoms. The van der Waals surface area contributed by atoms with Crippen LogP contribution in [0.3, 0.4) is 0 Å². The first-order valence-corrected chi connectivity index (χ1v) is 7.51. The van der Waals surface area contributed by atoms with Gasteiger partial charge < -0.3 is 4.74 Å². The second-order valence-electron chi connectivity index (χ2n) is 4.38. The van der Waals surface area contributed by atoms with Gasteiger partial charge in [-0.05, 0) is 29.8 Å². The molecular weight excluding hydrogens is 278 g/mol. The Balaban J connectivity index is 2.34. The van der Waals surface area contributed by atoms with Gasteiger partial charge in [0.1, 0.15) is 6.04 Å². The summed E-state index contributed by atoms with van der Waals surface area (Å²) in [6.45, 7) is 1.43. The third-order valence-electron chi connectivity index (χ3n) is 2.92. The summed E-state index contributed by atoms with van der Waals surface area (Å²) < 4.78 is 31.2. The van der Waals surface area contributed by atoms with Crippen molar-refractivity contribution in [2.45, 2.75) is 17.9 Å². The van der Waals surface area contributed by atoms with Gasteiger partial charge in [0.25, 0.3) is 0 Å². The van der Waals surface area contributed by atoms with Crippen LogP contribution < -0.4 is 4.72 Å². The van der Waals surface area contributed by atoms with Gasteiger partial charge in [0, 0.05) is 0 Å². The summed E-state index contributed by atoms with van der Waals surface area (Å²) in [6, 6.07) is 11.3. The number of ether oxygens (including phenoxy) is 1. The average molecular weight is 293 g/mol. The van der Waals surface area contributed by atoms with Crippen LogP contribution in [0, 0.1) is 0 Å². The number of sulfonamides is 1. The van der Waals surface area contributed by atoms with Gasteiger partial charge in [-0.2, -0.15) is 4.72 Å². The lowest BCUT2D eigenvalue weighted by Crippen LogP contribution is -2.39. The van der Waals surface area contributed by atoms with Crippen LogP contribution in [-0.2, 0) is 19.6 Å². The fourth-order valence-corrected chi connectivity index (χ4v) is 3.09. The Morgan fingerprint density at radius 2 is 1.80 bits per heavy atom. The second-order valence-corrected chi connectivity index (χ2v) is 6.09. The van der Waals surface area contributed by atoms with Gasteiger partial charge in [0.2, 0.25) is 10.0 Å². The number of hydrogen-bond acceptors (Lipinski definition) is 4. The molecule has 1 unspecified atom stereocenters. The van der Waals surface area contributed by atoms with Crippen LogP contribution in [-0.4, -0.2) is 27.5 Å². The summed E-state index contributed by atoms with van der Waals surface area (Å²) >= 11 is 0. The molecular formula is C14H15NO4S. The molecule has 0 aliphatic rings. The molecule has 20 heavy (non-hydrogen) atoms. The zero-order valence-electron chi connectivity index (χ0n) is 11.2. The number of nitrogens with one attached hydrogen (secondary N) is 1. The van der Waals surface area contributed by atoms with Crippen LogP contribution in [0.1, 0.15) is 6.92 Å². The van der Waals surface area contributed by atoms with Gasteiger partial charge in [-0.1, -0.05) is 30.3 Å². The summed E-state index contributed by atoms with van der Waals surface area (Å²) in [5.41, 5.74) is 0. The highest BCUT2D eigenvalue weighted by Crippen LogP contribution is 2.19. The lowest BCUT2D eigenvalue weighted by Gasteiger charge is -2.12. The van der Waals surface area contributed by atoms with E-state index in [0.717, 1.165) is 10.8 Å². The molecule has 5 nitrogen and oxygen atoms in total. The summed E-state index contributed by atoms with van der Waals surface area (Å²) in [5.74, 6) is -0.630. The van der Waals surface area contributed by atoms with E-state index in [1.165, 1.54) is 20.1 Å². The summed E-state index contributed by atoms with van der Waals surface area (Å²) in [6.07, 6.45) is 0. The Hall–Kier alpha value is -1.92. The van der Waals surface area contributed by atoms with Crippen molar-refractivity contribution in [3.8, 4) is 0 Å². The van der Waals surface area contributed by atoms with Crippen molar-refractivity contribution in [1.82, 2.24) is 4.72 Å². The monoisotopic (exact) mass is 293 g/mol. The van der Waals surface area contributed by atoms with Gasteiger partial charge in [0.15, 0.2) is 0 Å². The molecule has 0 aliphatic carbocycles. The zero-order chi connectivity index (χ0) is 14.8. The number of esters is 1. The van der Waals surface area contributed by atoms with Crippen molar-refractivity contribution in [3.05, 3.63) is 42.5 Å². The van der Waals surface area contributed by atoms with Crippen LogP contribution >= 0.6 is 0 Å². The van der Waals surface area contributed by atoms with Crippen LogP contribution in [0.4, 0.5) is 0 Å². The van der Waals surface area contributed by atoms with Gasteiger partial charge in [-0.15, -0.1) is 0 Å². The molecule has 2 aromatic rings. The molecule has 1 atom stereocenters. The number of carbonyl (C=O) groups excluding carboxylic acids is 1. The number of methoxy groups -OCH3 is 1. The van der Waals surface area contributed by atoms with Crippen molar-refractivity contribution in [2.24, 2.45) is 0 Å². The second kappa shape index (κ2) is 5.60. The normalized spacial score (nSPS) is 13.1. The van der Waals surface area contributed by atoms with E-state index < -0.39 is 22.0 Å². The predicted octanol–water partition coefficient (Wildman–Crippen LogP) is 1.68. The van der Waals surface area contributed by atoms with E-state index in [1.807, 2.05) is 24.3 Å². The molecule has 0 fully saturated rings. The first-order valence-electron chi connectivity index (χ1n) is 6.03.